The van der Waals surface area contributed by atoms with Crippen molar-refractivity contribution in [3.8, 4) is 5.75 Å². The lowest BCUT2D eigenvalue weighted by atomic mass is 10.1. The van der Waals surface area contributed by atoms with E-state index in [9.17, 15) is 4.79 Å². The summed E-state index contributed by atoms with van der Waals surface area (Å²) in [6, 6.07) is 16.3. The summed E-state index contributed by atoms with van der Waals surface area (Å²) < 4.78 is 5.93. The van der Waals surface area contributed by atoms with Crippen molar-refractivity contribution in [3.63, 3.8) is 0 Å². The second-order valence-corrected chi connectivity index (χ2v) is 8.73. The van der Waals surface area contributed by atoms with Gasteiger partial charge in [0.15, 0.2) is 0 Å². The monoisotopic (exact) mass is 422 g/mol. The zero-order valence-electron chi connectivity index (χ0n) is 18.2. The minimum absolute atomic E-state index is 0.136. The Labute approximate surface area is 183 Å². The quantitative estimate of drug-likeness (QED) is 0.444. The molecule has 1 heterocycles. The normalized spacial score (nSPS) is 11.9. The number of carbonyl (C=O) groups is 1. The van der Waals surface area contributed by atoms with Crippen LogP contribution in [0.4, 0.5) is 0 Å². The molecular formula is C25H30N2O2S. The molecule has 0 aliphatic carbocycles. The molecule has 0 saturated heterocycles. The Morgan fingerprint density at radius 1 is 1.13 bits per heavy atom. The van der Waals surface area contributed by atoms with E-state index in [1.54, 1.807) is 11.3 Å². The molecule has 2 aromatic carbocycles. The highest BCUT2D eigenvalue weighted by atomic mass is 32.1. The lowest BCUT2D eigenvalue weighted by Gasteiger charge is -2.28. The van der Waals surface area contributed by atoms with E-state index in [1.807, 2.05) is 52.7 Å². The van der Waals surface area contributed by atoms with Crippen molar-refractivity contribution in [1.82, 2.24) is 9.88 Å². The Morgan fingerprint density at radius 2 is 1.83 bits per heavy atom. The summed E-state index contributed by atoms with van der Waals surface area (Å²) in [6.07, 6.45) is 1.32. The van der Waals surface area contributed by atoms with Crippen LogP contribution in [0.1, 0.15) is 47.7 Å². The molecule has 3 aromatic rings. The molecule has 5 heteroatoms. The maximum absolute atomic E-state index is 13.0. The SMILES string of the molecule is CC[C@H](C)N(Cc1csc(COc2cc(C)cc(C)c2)n1)C(=O)Cc1ccccc1. The highest BCUT2D eigenvalue weighted by Gasteiger charge is 2.20. The molecule has 0 radical (unpaired) electrons. The summed E-state index contributed by atoms with van der Waals surface area (Å²) in [5, 5.41) is 2.95. The van der Waals surface area contributed by atoms with E-state index in [-0.39, 0.29) is 11.9 Å². The number of carbonyl (C=O) groups excluding carboxylic acids is 1. The number of aryl methyl sites for hydroxylation is 2. The third-order valence-electron chi connectivity index (χ3n) is 5.13. The van der Waals surface area contributed by atoms with Gasteiger partial charge in [-0.15, -0.1) is 11.3 Å². The molecule has 0 fully saturated rings. The van der Waals surface area contributed by atoms with Gasteiger partial charge in [0.25, 0.3) is 0 Å². The van der Waals surface area contributed by atoms with E-state index in [2.05, 4.69) is 33.8 Å². The fraction of sp³-hybridized carbons (Fsp3) is 0.360. The molecule has 0 aliphatic heterocycles. The Balaban J connectivity index is 1.64. The van der Waals surface area contributed by atoms with Crippen LogP contribution in [0.5, 0.6) is 5.75 Å². The number of ether oxygens (including phenoxy) is 1. The fourth-order valence-electron chi connectivity index (χ4n) is 3.41. The van der Waals surface area contributed by atoms with Crippen LogP contribution in [0.3, 0.4) is 0 Å². The van der Waals surface area contributed by atoms with Crippen molar-refractivity contribution < 1.29 is 9.53 Å². The van der Waals surface area contributed by atoms with E-state index >= 15 is 0 Å². The van der Waals surface area contributed by atoms with E-state index in [4.69, 9.17) is 9.72 Å². The standard InChI is InChI=1S/C25H30N2O2S/c1-5-20(4)27(25(28)14-21-9-7-6-8-10-21)15-22-17-30-24(26-22)16-29-23-12-18(2)11-19(3)13-23/h6-13,17,20H,5,14-16H2,1-4H3/t20-/m0/s1. The van der Waals surface area contributed by atoms with Gasteiger partial charge in [-0.2, -0.15) is 0 Å². The number of hydrogen-bond donors (Lipinski definition) is 0. The molecular weight excluding hydrogens is 392 g/mol. The largest absolute Gasteiger partial charge is 0.486 e. The molecule has 1 aromatic heterocycles. The van der Waals surface area contributed by atoms with Gasteiger partial charge >= 0.3 is 0 Å². The molecule has 158 valence electrons. The third-order valence-corrected chi connectivity index (χ3v) is 6.00. The molecule has 1 amide bonds. The van der Waals surface area contributed by atoms with Gasteiger partial charge in [0, 0.05) is 11.4 Å². The van der Waals surface area contributed by atoms with Crippen LogP contribution < -0.4 is 4.74 Å². The van der Waals surface area contributed by atoms with Gasteiger partial charge in [0.1, 0.15) is 17.4 Å². The Hall–Kier alpha value is -2.66. The second-order valence-electron chi connectivity index (χ2n) is 7.79. The van der Waals surface area contributed by atoms with Crippen molar-refractivity contribution in [2.45, 2.75) is 59.7 Å². The number of aromatic nitrogens is 1. The van der Waals surface area contributed by atoms with Crippen molar-refractivity contribution in [3.05, 3.63) is 81.3 Å². The predicted octanol–water partition coefficient (Wildman–Crippen LogP) is 5.71. The van der Waals surface area contributed by atoms with Gasteiger partial charge in [-0.1, -0.05) is 43.3 Å². The zero-order valence-corrected chi connectivity index (χ0v) is 19.0. The topological polar surface area (TPSA) is 42.4 Å². The summed E-state index contributed by atoms with van der Waals surface area (Å²) in [6.45, 7) is 9.31. The first-order valence-electron chi connectivity index (χ1n) is 10.4. The predicted molar refractivity (Wildman–Crippen MR) is 123 cm³/mol. The molecule has 3 rings (SSSR count). The van der Waals surface area contributed by atoms with Crippen molar-refractivity contribution in [2.75, 3.05) is 0 Å². The van der Waals surface area contributed by atoms with Gasteiger partial charge < -0.3 is 9.64 Å². The number of benzene rings is 2. The van der Waals surface area contributed by atoms with E-state index in [0.29, 0.717) is 19.6 Å². The van der Waals surface area contributed by atoms with Crippen LogP contribution in [-0.4, -0.2) is 21.8 Å². The van der Waals surface area contributed by atoms with Gasteiger partial charge in [-0.05, 0) is 56.0 Å². The molecule has 4 nitrogen and oxygen atoms in total. The van der Waals surface area contributed by atoms with Crippen LogP contribution in [0.15, 0.2) is 53.9 Å². The first-order valence-corrected chi connectivity index (χ1v) is 11.3. The minimum atomic E-state index is 0.136. The number of nitrogens with zero attached hydrogens (tertiary/aromatic N) is 2. The molecule has 0 bridgehead atoms. The second kappa shape index (κ2) is 10.4. The van der Waals surface area contributed by atoms with E-state index < -0.39 is 0 Å². The molecule has 0 saturated carbocycles. The van der Waals surface area contributed by atoms with Crippen LogP contribution in [-0.2, 0) is 24.4 Å². The number of thiazole rings is 1. The Kier molecular flexibility index (Phi) is 7.63. The lowest BCUT2D eigenvalue weighted by Crippen LogP contribution is -2.38. The van der Waals surface area contributed by atoms with Gasteiger partial charge in [-0.25, -0.2) is 4.98 Å². The van der Waals surface area contributed by atoms with Crippen molar-refractivity contribution >= 4 is 17.2 Å². The van der Waals surface area contributed by atoms with Gasteiger partial charge in [0.2, 0.25) is 5.91 Å². The minimum Gasteiger partial charge on any atom is -0.486 e. The average Bonchev–Trinajstić information content (AvgIpc) is 3.17. The Bertz CT molecular complexity index is 948. The average molecular weight is 423 g/mol. The highest BCUT2D eigenvalue weighted by Crippen LogP contribution is 2.20. The fourth-order valence-corrected chi connectivity index (χ4v) is 4.10. The lowest BCUT2D eigenvalue weighted by molar-refractivity contribution is -0.133. The van der Waals surface area contributed by atoms with Crippen LogP contribution >= 0.6 is 11.3 Å². The maximum atomic E-state index is 13.0. The summed E-state index contributed by atoms with van der Waals surface area (Å²) in [5.41, 5.74) is 4.33. The molecule has 0 aliphatic rings. The summed E-state index contributed by atoms with van der Waals surface area (Å²) >= 11 is 1.58. The van der Waals surface area contributed by atoms with Crippen molar-refractivity contribution in [2.24, 2.45) is 0 Å². The zero-order chi connectivity index (χ0) is 21.5. The summed E-state index contributed by atoms with van der Waals surface area (Å²) in [5.74, 6) is 1.00. The van der Waals surface area contributed by atoms with Gasteiger partial charge in [0.05, 0.1) is 18.7 Å². The third kappa shape index (κ3) is 6.17. The van der Waals surface area contributed by atoms with E-state index in [0.717, 1.165) is 28.4 Å². The number of rotatable bonds is 9. The highest BCUT2D eigenvalue weighted by molar-refractivity contribution is 7.09. The van der Waals surface area contributed by atoms with Crippen LogP contribution in [0.25, 0.3) is 0 Å². The van der Waals surface area contributed by atoms with E-state index in [1.165, 1.54) is 11.1 Å². The summed E-state index contributed by atoms with van der Waals surface area (Å²) in [4.78, 5) is 19.6. The molecule has 0 unspecified atom stereocenters. The molecule has 0 N–H and O–H groups in total. The van der Waals surface area contributed by atoms with Gasteiger partial charge in [-0.3, -0.25) is 4.79 Å². The number of hydrogen-bond acceptors (Lipinski definition) is 4. The Morgan fingerprint density at radius 3 is 2.50 bits per heavy atom. The first-order chi connectivity index (χ1) is 14.4. The molecule has 30 heavy (non-hydrogen) atoms. The first kappa shape index (κ1) is 22.0. The maximum Gasteiger partial charge on any atom is 0.227 e. The summed E-state index contributed by atoms with van der Waals surface area (Å²) in [7, 11) is 0. The number of amides is 1. The van der Waals surface area contributed by atoms with Crippen LogP contribution in [0, 0.1) is 13.8 Å². The molecule has 0 spiro atoms. The van der Waals surface area contributed by atoms with Crippen molar-refractivity contribution in [1.29, 1.82) is 0 Å². The molecule has 1 atom stereocenters. The van der Waals surface area contributed by atoms with Crippen LogP contribution in [0.2, 0.25) is 0 Å². The smallest absolute Gasteiger partial charge is 0.227 e.